The number of nitrogens with zero attached hydrogens (tertiary/aromatic N) is 3. The molecule has 0 spiro atoms. The number of nitrogens with one attached hydrogen (secondary N) is 1. The fraction of sp³-hybridized carbons (Fsp3) is 0.0833. The van der Waals surface area contributed by atoms with Crippen molar-refractivity contribution < 1.29 is 4.74 Å². The van der Waals surface area contributed by atoms with Crippen LogP contribution in [0.25, 0.3) is 11.2 Å². The van der Waals surface area contributed by atoms with E-state index in [4.69, 9.17) is 16.3 Å². The number of aromatic nitrogens is 4. The van der Waals surface area contributed by atoms with Crippen LogP contribution < -0.4 is 4.74 Å². The summed E-state index contributed by atoms with van der Waals surface area (Å²) in [6.45, 7) is 1.95. The van der Waals surface area contributed by atoms with Gasteiger partial charge in [-0.1, -0.05) is 15.9 Å². The lowest BCUT2D eigenvalue weighted by Gasteiger charge is -2.08. The second kappa shape index (κ2) is 4.79. The van der Waals surface area contributed by atoms with Crippen LogP contribution in [0.15, 0.2) is 29.0 Å². The fourth-order valence-corrected chi connectivity index (χ4v) is 2.32. The molecular weight excluding hydrogens is 332 g/mol. The van der Waals surface area contributed by atoms with Gasteiger partial charge < -0.3 is 9.72 Å². The SMILES string of the molecule is Cc1cc(Br)ccc1Oc1nc(Cl)nc2nc[nH]c12. The maximum absolute atomic E-state index is 5.85. The van der Waals surface area contributed by atoms with E-state index in [0.29, 0.717) is 22.8 Å². The first-order valence-electron chi connectivity index (χ1n) is 5.44. The minimum atomic E-state index is 0.101. The Morgan fingerprint density at radius 3 is 2.95 bits per heavy atom. The minimum absolute atomic E-state index is 0.101. The number of hydrogen-bond acceptors (Lipinski definition) is 4. The van der Waals surface area contributed by atoms with Crippen LogP contribution in [0.4, 0.5) is 0 Å². The Morgan fingerprint density at radius 1 is 1.32 bits per heavy atom. The lowest BCUT2D eigenvalue weighted by molar-refractivity contribution is 0.463. The third-order valence-corrected chi connectivity index (χ3v) is 3.23. The molecule has 19 heavy (non-hydrogen) atoms. The zero-order chi connectivity index (χ0) is 13.4. The molecule has 0 aliphatic carbocycles. The summed E-state index contributed by atoms with van der Waals surface area (Å²) in [6, 6.07) is 5.72. The average molecular weight is 340 g/mol. The van der Waals surface area contributed by atoms with Crippen LogP contribution in [-0.2, 0) is 0 Å². The van der Waals surface area contributed by atoms with Crippen molar-refractivity contribution >= 4 is 38.7 Å². The van der Waals surface area contributed by atoms with Gasteiger partial charge in [-0.2, -0.15) is 9.97 Å². The average Bonchev–Trinajstić information content (AvgIpc) is 2.80. The molecule has 0 fully saturated rings. The number of hydrogen-bond donors (Lipinski definition) is 1. The second-order valence-electron chi connectivity index (χ2n) is 3.91. The van der Waals surface area contributed by atoms with Crippen LogP contribution in [0, 0.1) is 6.92 Å². The summed E-state index contributed by atoms with van der Waals surface area (Å²) in [6.07, 6.45) is 1.52. The topological polar surface area (TPSA) is 63.7 Å². The summed E-state index contributed by atoms with van der Waals surface area (Å²) >= 11 is 9.26. The first-order valence-corrected chi connectivity index (χ1v) is 6.61. The lowest BCUT2D eigenvalue weighted by atomic mass is 10.2. The molecule has 0 radical (unpaired) electrons. The number of ether oxygens (including phenoxy) is 1. The molecule has 3 aromatic rings. The van der Waals surface area contributed by atoms with Crippen molar-refractivity contribution in [2.45, 2.75) is 6.92 Å². The van der Waals surface area contributed by atoms with Gasteiger partial charge in [0, 0.05) is 4.47 Å². The molecular formula is C12H8BrClN4O. The molecule has 0 saturated carbocycles. The van der Waals surface area contributed by atoms with E-state index in [0.717, 1.165) is 10.0 Å². The molecule has 0 atom stereocenters. The number of halogens is 2. The summed E-state index contributed by atoms with van der Waals surface area (Å²) in [4.78, 5) is 15.1. The zero-order valence-corrected chi connectivity index (χ0v) is 12.2. The zero-order valence-electron chi connectivity index (χ0n) is 9.82. The van der Waals surface area contributed by atoms with Crippen molar-refractivity contribution in [1.82, 2.24) is 19.9 Å². The van der Waals surface area contributed by atoms with Crippen LogP contribution in [0.3, 0.4) is 0 Å². The molecule has 3 rings (SSSR count). The summed E-state index contributed by atoms with van der Waals surface area (Å²) < 4.78 is 6.78. The normalized spacial score (nSPS) is 10.9. The molecule has 0 saturated heterocycles. The molecule has 2 aromatic heterocycles. The van der Waals surface area contributed by atoms with E-state index in [-0.39, 0.29) is 5.28 Å². The van der Waals surface area contributed by atoms with Crippen molar-refractivity contribution in [3.8, 4) is 11.6 Å². The predicted molar refractivity (Wildman–Crippen MR) is 75.6 cm³/mol. The third kappa shape index (κ3) is 2.41. The lowest BCUT2D eigenvalue weighted by Crippen LogP contribution is -1.94. The maximum Gasteiger partial charge on any atom is 0.250 e. The van der Waals surface area contributed by atoms with Crippen LogP contribution in [0.5, 0.6) is 11.6 Å². The Hall–Kier alpha value is -1.66. The molecule has 1 aromatic carbocycles. The molecule has 0 unspecified atom stereocenters. The van der Waals surface area contributed by atoms with Crippen LogP contribution in [-0.4, -0.2) is 19.9 Å². The molecule has 0 bridgehead atoms. The van der Waals surface area contributed by atoms with Gasteiger partial charge in [0.1, 0.15) is 11.3 Å². The summed E-state index contributed by atoms with van der Waals surface area (Å²) in [7, 11) is 0. The van der Waals surface area contributed by atoms with Gasteiger partial charge in [-0.25, -0.2) is 4.98 Å². The molecule has 5 nitrogen and oxygen atoms in total. The Bertz CT molecular complexity index is 759. The van der Waals surface area contributed by atoms with Crippen molar-refractivity contribution in [2.24, 2.45) is 0 Å². The standard InChI is InChI=1S/C12H8BrClN4O/c1-6-4-7(13)2-3-8(6)19-11-9-10(16-5-15-9)17-12(14)18-11/h2-5H,1H3,(H,15,16,17,18). The molecule has 2 heterocycles. The van der Waals surface area contributed by atoms with E-state index in [1.54, 1.807) is 0 Å². The van der Waals surface area contributed by atoms with Gasteiger partial charge in [-0.05, 0) is 42.3 Å². The van der Waals surface area contributed by atoms with E-state index in [2.05, 4.69) is 35.9 Å². The van der Waals surface area contributed by atoms with Crippen LogP contribution >= 0.6 is 27.5 Å². The first-order chi connectivity index (χ1) is 9.13. The summed E-state index contributed by atoms with van der Waals surface area (Å²) in [5.41, 5.74) is 2.08. The van der Waals surface area contributed by atoms with E-state index in [1.807, 2.05) is 25.1 Å². The highest BCUT2D eigenvalue weighted by Crippen LogP contribution is 2.30. The maximum atomic E-state index is 5.85. The Kier molecular flexibility index (Phi) is 3.12. The van der Waals surface area contributed by atoms with E-state index < -0.39 is 0 Å². The van der Waals surface area contributed by atoms with Gasteiger partial charge in [-0.3, -0.25) is 0 Å². The summed E-state index contributed by atoms with van der Waals surface area (Å²) in [5, 5.41) is 0.101. The minimum Gasteiger partial charge on any atom is -0.437 e. The number of rotatable bonds is 2. The monoisotopic (exact) mass is 338 g/mol. The molecule has 0 aliphatic heterocycles. The smallest absolute Gasteiger partial charge is 0.250 e. The van der Waals surface area contributed by atoms with Crippen molar-refractivity contribution in [3.05, 3.63) is 39.8 Å². The number of aromatic amines is 1. The van der Waals surface area contributed by atoms with E-state index in [9.17, 15) is 0 Å². The van der Waals surface area contributed by atoms with Gasteiger partial charge in [0.2, 0.25) is 11.2 Å². The highest BCUT2D eigenvalue weighted by Gasteiger charge is 2.12. The largest absolute Gasteiger partial charge is 0.437 e. The van der Waals surface area contributed by atoms with Gasteiger partial charge in [0.25, 0.3) is 0 Å². The molecule has 7 heteroatoms. The number of benzene rings is 1. The Balaban J connectivity index is 2.07. The number of imidazole rings is 1. The van der Waals surface area contributed by atoms with Gasteiger partial charge in [0.05, 0.1) is 6.33 Å². The first kappa shape index (κ1) is 12.4. The molecule has 0 amide bonds. The van der Waals surface area contributed by atoms with Gasteiger partial charge in [-0.15, -0.1) is 0 Å². The molecule has 96 valence electrons. The second-order valence-corrected chi connectivity index (χ2v) is 5.16. The Labute approximate surface area is 122 Å². The quantitative estimate of drug-likeness (QED) is 0.720. The summed E-state index contributed by atoms with van der Waals surface area (Å²) in [5.74, 6) is 1.06. The third-order valence-electron chi connectivity index (χ3n) is 2.57. The van der Waals surface area contributed by atoms with Gasteiger partial charge in [0.15, 0.2) is 5.65 Å². The Morgan fingerprint density at radius 2 is 2.16 bits per heavy atom. The molecule has 1 N–H and O–H groups in total. The van der Waals surface area contributed by atoms with Crippen LogP contribution in [0.1, 0.15) is 5.56 Å². The predicted octanol–water partition coefficient (Wildman–Crippen LogP) is 3.87. The number of H-pyrrole nitrogens is 1. The van der Waals surface area contributed by atoms with Gasteiger partial charge >= 0.3 is 0 Å². The van der Waals surface area contributed by atoms with Crippen molar-refractivity contribution in [3.63, 3.8) is 0 Å². The van der Waals surface area contributed by atoms with E-state index >= 15 is 0 Å². The van der Waals surface area contributed by atoms with Crippen molar-refractivity contribution in [1.29, 1.82) is 0 Å². The number of fused-ring (bicyclic) bond motifs is 1. The van der Waals surface area contributed by atoms with Crippen molar-refractivity contribution in [2.75, 3.05) is 0 Å². The molecule has 0 aliphatic rings. The fourth-order valence-electron chi connectivity index (χ4n) is 1.69. The highest BCUT2D eigenvalue weighted by atomic mass is 79.9. The van der Waals surface area contributed by atoms with Crippen LogP contribution in [0.2, 0.25) is 5.28 Å². The highest BCUT2D eigenvalue weighted by molar-refractivity contribution is 9.10. The number of aryl methyl sites for hydroxylation is 1. The van der Waals surface area contributed by atoms with E-state index in [1.165, 1.54) is 6.33 Å².